The summed E-state index contributed by atoms with van der Waals surface area (Å²) >= 11 is 2.10. The van der Waals surface area contributed by atoms with Gasteiger partial charge in [0.15, 0.2) is 0 Å². The fourth-order valence-electron chi connectivity index (χ4n) is 1.65. The Morgan fingerprint density at radius 1 is 1.19 bits per heavy atom. The first-order valence-electron chi connectivity index (χ1n) is 4.55. The average Bonchev–Trinajstić information content (AvgIpc) is 2.16. The van der Waals surface area contributed by atoms with Crippen LogP contribution in [0.5, 0.6) is 0 Å². The molecular weight excluding hydrogens is 339 g/mol. The summed E-state index contributed by atoms with van der Waals surface area (Å²) in [6, 6.07) is 8.86. The third-order valence-electron chi connectivity index (χ3n) is 2.30. The lowest BCUT2D eigenvalue weighted by Crippen LogP contribution is -2.00. The first-order chi connectivity index (χ1) is 7.38. The van der Waals surface area contributed by atoms with Crippen LogP contribution in [0.3, 0.4) is 0 Å². The lowest BCUT2D eigenvalue weighted by atomic mass is 10.1. The van der Waals surface area contributed by atoms with Gasteiger partial charge in [0, 0.05) is 8.96 Å². The van der Waals surface area contributed by atoms with Gasteiger partial charge >= 0.3 is 0 Å². The van der Waals surface area contributed by atoms with Crippen molar-refractivity contribution in [3.8, 4) is 0 Å². The molecule has 0 atom stereocenters. The van der Waals surface area contributed by atoms with Crippen LogP contribution in [0.2, 0.25) is 0 Å². The molecule has 0 heterocycles. The van der Waals surface area contributed by atoms with Gasteiger partial charge in [-0.3, -0.25) is 4.55 Å². The Kier molecular flexibility index (Phi) is 2.93. The first kappa shape index (κ1) is 11.8. The predicted octanol–water partition coefficient (Wildman–Crippen LogP) is 3.00. The summed E-state index contributed by atoms with van der Waals surface area (Å²) in [5.41, 5.74) is 0.807. The highest BCUT2D eigenvalue weighted by Crippen LogP contribution is 2.26. The van der Waals surface area contributed by atoms with Crippen LogP contribution in [0.1, 0.15) is 5.56 Å². The van der Waals surface area contributed by atoms with Gasteiger partial charge in [-0.1, -0.05) is 12.1 Å². The first-order valence-corrected chi connectivity index (χ1v) is 7.07. The van der Waals surface area contributed by atoms with Crippen molar-refractivity contribution in [1.82, 2.24) is 0 Å². The van der Waals surface area contributed by atoms with Crippen molar-refractivity contribution in [3.05, 3.63) is 39.5 Å². The van der Waals surface area contributed by atoms with E-state index in [-0.39, 0.29) is 4.90 Å². The molecule has 3 nitrogen and oxygen atoms in total. The third-order valence-corrected chi connectivity index (χ3v) is 3.87. The number of benzene rings is 2. The van der Waals surface area contributed by atoms with E-state index in [1.807, 2.05) is 18.2 Å². The second kappa shape index (κ2) is 3.97. The monoisotopic (exact) mass is 348 g/mol. The van der Waals surface area contributed by atoms with Gasteiger partial charge < -0.3 is 0 Å². The van der Waals surface area contributed by atoms with Gasteiger partial charge in [0.25, 0.3) is 10.1 Å². The zero-order valence-corrected chi connectivity index (χ0v) is 11.4. The van der Waals surface area contributed by atoms with Gasteiger partial charge in [-0.05, 0) is 58.7 Å². The molecule has 2 aromatic rings. The third kappa shape index (κ3) is 2.21. The number of hydrogen-bond donors (Lipinski definition) is 1. The zero-order chi connectivity index (χ0) is 11.9. The number of halogens is 1. The van der Waals surface area contributed by atoms with Crippen LogP contribution < -0.4 is 0 Å². The van der Waals surface area contributed by atoms with Crippen LogP contribution in [0.15, 0.2) is 35.2 Å². The number of hydrogen-bond acceptors (Lipinski definition) is 2. The lowest BCUT2D eigenvalue weighted by Gasteiger charge is -2.06. The molecule has 0 unspecified atom stereocenters. The summed E-state index contributed by atoms with van der Waals surface area (Å²) < 4.78 is 32.6. The van der Waals surface area contributed by atoms with E-state index in [9.17, 15) is 13.0 Å². The highest BCUT2D eigenvalue weighted by atomic mass is 127. The molecule has 5 heteroatoms. The maximum Gasteiger partial charge on any atom is 0.295 e. The van der Waals surface area contributed by atoms with E-state index >= 15 is 0 Å². The standard InChI is InChI=1S/C11H9IO3S/c1-7-4-8-2-3-9(12)6-10(8)11(5-7)16(13,14)15/h2-6H,1H3,(H,13,14,15). The Hall–Kier alpha value is -0.660. The Labute approximate surface area is 107 Å². The SMILES string of the molecule is Cc1cc(S(=O)(=O)O)c2cc(I)ccc2c1. The van der Waals surface area contributed by atoms with Gasteiger partial charge in [0.1, 0.15) is 4.90 Å². The average molecular weight is 348 g/mol. The van der Waals surface area contributed by atoms with Crippen molar-refractivity contribution in [2.45, 2.75) is 11.8 Å². The van der Waals surface area contributed by atoms with Gasteiger partial charge in [0.2, 0.25) is 0 Å². The lowest BCUT2D eigenvalue weighted by molar-refractivity contribution is 0.484. The van der Waals surface area contributed by atoms with Crippen molar-refractivity contribution in [3.63, 3.8) is 0 Å². The second-order valence-corrected chi connectivity index (χ2v) is 6.24. The normalized spacial score (nSPS) is 11.9. The molecule has 0 aliphatic carbocycles. The molecule has 0 aromatic heterocycles. The predicted molar refractivity (Wildman–Crippen MR) is 71.2 cm³/mol. The number of aryl methyl sites for hydroxylation is 1. The van der Waals surface area contributed by atoms with Gasteiger partial charge in [-0.25, -0.2) is 0 Å². The summed E-state index contributed by atoms with van der Waals surface area (Å²) in [7, 11) is -4.17. The van der Waals surface area contributed by atoms with E-state index in [2.05, 4.69) is 22.6 Å². The number of fused-ring (bicyclic) bond motifs is 1. The highest BCUT2D eigenvalue weighted by molar-refractivity contribution is 14.1. The summed E-state index contributed by atoms with van der Waals surface area (Å²) in [6.07, 6.45) is 0. The Balaban J connectivity index is 2.96. The van der Waals surface area contributed by atoms with Crippen molar-refractivity contribution in [2.75, 3.05) is 0 Å². The van der Waals surface area contributed by atoms with E-state index in [0.717, 1.165) is 14.5 Å². The molecule has 0 saturated carbocycles. The Bertz CT molecular complexity index is 662. The van der Waals surface area contributed by atoms with E-state index in [1.54, 1.807) is 13.0 Å². The van der Waals surface area contributed by atoms with E-state index < -0.39 is 10.1 Å². The topological polar surface area (TPSA) is 54.4 Å². The summed E-state index contributed by atoms with van der Waals surface area (Å²) in [4.78, 5) is -0.0268. The smallest absolute Gasteiger partial charge is 0.282 e. The van der Waals surface area contributed by atoms with Crippen LogP contribution in [0.4, 0.5) is 0 Å². The van der Waals surface area contributed by atoms with E-state index in [1.165, 1.54) is 6.07 Å². The molecule has 0 aliphatic heterocycles. The molecule has 0 fully saturated rings. The molecule has 0 saturated heterocycles. The van der Waals surface area contributed by atoms with Crippen LogP contribution in [-0.4, -0.2) is 13.0 Å². The minimum absolute atomic E-state index is 0.0268. The highest BCUT2D eigenvalue weighted by Gasteiger charge is 2.14. The van der Waals surface area contributed by atoms with Gasteiger partial charge in [-0.15, -0.1) is 0 Å². The molecule has 2 aromatic carbocycles. The van der Waals surface area contributed by atoms with Crippen molar-refractivity contribution in [1.29, 1.82) is 0 Å². The maximum absolute atomic E-state index is 11.3. The Morgan fingerprint density at radius 3 is 2.50 bits per heavy atom. The quantitative estimate of drug-likeness (QED) is 0.637. The van der Waals surface area contributed by atoms with E-state index in [4.69, 9.17) is 0 Å². The molecule has 0 radical (unpaired) electrons. The molecular formula is C11H9IO3S. The van der Waals surface area contributed by atoms with Crippen molar-refractivity contribution < 1.29 is 13.0 Å². The Morgan fingerprint density at radius 2 is 1.88 bits per heavy atom. The fourth-order valence-corrected chi connectivity index (χ4v) is 2.93. The molecule has 0 bridgehead atoms. The molecule has 1 N–H and O–H groups in total. The van der Waals surface area contributed by atoms with Crippen LogP contribution in [-0.2, 0) is 10.1 Å². The minimum atomic E-state index is -4.17. The minimum Gasteiger partial charge on any atom is -0.282 e. The molecule has 2 rings (SSSR count). The molecule has 0 amide bonds. The molecule has 0 aliphatic rings. The van der Waals surface area contributed by atoms with E-state index in [0.29, 0.717) is 5.39 Å². The van der Waals surface area contributed by atoms with Gasteiger partial charge in [-0.2, -0.15) is 8.42 Å². The van der Waals surface area contributed by atoms with Crippen molar-refractivity contribution >= 4 is 43.5 Å². The summed E-state index contributed by atoms with van der Waals surface area (Å²) in [5, 5.41) is 1.37. The zero-order valence-electron chi connectivity index (χ0n) is 8.44. The van der Waals surface area contributed by atoms with Crippen LogP contribution >= 0.6 is 22.6 Å². The summed E-state index contributed by atoms with van der Waals surface area (Å²) in [5.74, 6) is 0. The second-order valence-electron chi connectivity index (χ2n) is 3.60. The molecule has 16 heavy (non-hydrogen) atoms. The fraction of sp³-hybridized carbons (Fsp3) is 0.0909. The van der Waals surface area contributed by atoms with Gasteiger partial charge in [0.05, 0.1) is 0 Å². The van der Waals surface area contributed by atoms with Crippen molar-refractivity contribution in [2.24, 2.45) is 0 Å². The maximum atomic E-state index is 11.3. The van der Waals surface area contributed by atoms with Crippen LogP contribution in [0.25, 0.3) is 10.8 Å². The number of rotatable bonds is 1. The molecule has 0 spiro atoms. The van der Waals surface area contributed by atoms with Crippen LogP contribution in [0, 0.1) is 10.5 Å². The summed E-state index contributed by atoms with van der Waals surface area (Å²) in [6.45, 7) is 1.80. The largest absolute Gasteiger partial charge is 0.295 e. The molecule has 84 valence electrons.